The standard InChI is InChI=1S/C19H28N4O3/c1-2-26-17-7-5-6-16(14-17)20-19(25)23-12-10-21(11-13-23)15-18(24)22-8-3-4-9-22/h5-7,14H,2-4,8-13,15H2,1H3,(H,20,25). The summed E-state index contributed by atoms with van der Waals surface area (Å²) in [4.78, 5) is 30.6. The van der Waals surface area contributed by atoms with Crippen LogP contribution in [0.3, 0.4) is 0 Å². The van der Waals surface area contributed by atoms with Gasteiger partial charge in [-0.25, -0.2) is 4.79 Å². The molecular weight excluding hydrogens is 332 g/mol. The summed E-state index contributed by atoms with van der Waals surface area (Å²) >= 11 is 0. The van der Waals surface area contributed by atoms with Crippen molar-refractivity contribution in [3.8, 4) is 5.75 Å². The number of carbonyl (C=O) groups is 2. The van der Waals surface area contributed by atoms with E-state index in [9.17, 15) is 9.59 Å². The van der Waals surface area contributed by atoms with Crippen LogP contribution < -0.4 is 10.1 Å². The summed E-state index contributed by atoms with van der Waals surface area (Å²) in [6, 6.07) is 7.31. The highest BCUT2D eigenvalue weighted by Crippen LogP contribution is 2.18. The molecule has 1 aromatic carbocycles. The summed E-state index contributed by atoms with van der Waals surface area (Å²) in [6.07, 6.45) is 2.23. The van der Waals surface area contributed by atoms with Crippen LogP contribution in [-0.2, 0) is 4.79 Å². The lowest BCUT2D eigenvalue weighted by Gasteiger charge is -2.35. The van der Waals surface area contributed by atoms with Gasteiger partial charge in [-0.15, -0.1) is 0 Å². The SMILES string of the molecule is CCOc1cccc(NC(=O)N2CCN(CC(=O)N3CCCC3)CC2)c1. The van der Waals surface area contributed by atoms with Gasteiger partial charge in [-0.2, -0.15) is 0 Å². The first-order valence-electron chi connectivity index (χ1n) is 9.44. The van der Waals surface area contributed by atoms with Crippen LogP contribution >= 0.6 is 0 Å². The summed E-state index contributed by atoms with van der Waals surface area (Å²) in [5, 5.41) is 2.92. The van der Waals surface area contributed by atoms with Crippen LogP contribution in [0.4, 0.5) is 10.5 Å². The molecule has 3 amide bonds. The van der Waals surface area contributed by atoms with Crippen LogP contribution in [0.2, 0.25) is 0 Å². The van der Waals surface area contributed by atoms with Crippen molar-refractivity contribution in [1.82, 2.24) is 14.7 Å². The molecule has 0 aromatic heterocycles. The minimum absolute atomic E-state index is 0.107. The predicted molar refractivity (Wildman–Crippen MR) is 100 cm³/mol. The second-order valence-corrected chi connectivity index (χ2v) is 6.74. The van der Waals surface area contributed by atoms with Crippen LogP contribution in [0.15, 0.2) is 24.3 Å². The number of rotatable bonds is 5. The first-order valence-corrected chi connectivity index (χ1v) is 9.44. The van der Waals surface area contributed by atoms with Gasteiger partial charge in [0.05, 0.1) is 13.2 Å². The quantitative estimate of drug-likeness (QED) is 0.870. The van der Waals surface area contributed by atoms with Gasteiger partial charge in [-0.05, 0) is 31.9 Å². The van der Waals surface area contributed by atoms with E-state index in [2.05, 4.69) is 10.2 Å². The van der Waals surface area contributed by atoms with E-state index in [1.807, 2.05) is 36.1 Å². The fourth-order valence-electron chi connectivity index (χ4n) is 3.40. The topological polar surface area (TPSA) is 65.1 Å². The molecule has 7 heteroatoms. The third-order valence-corrected chi connectivity index (χ3v) is 4.87. The van der Waals surface area contributed by atoms with E-state index in [0.717, 1.165) is 50.5 Å². The number of hydrogen-bond acceptors (Lipinski definition) is 4. The van der Waals surface area contributed by atoms with E-state index in [0.29, 0.717) is 26.2 Å². The molecule has 142 valence electrons. The van der Waals surface area contributed by atoms with E-state index < -0.39 is 0 Å². The molecule has 1 aromatic rings. The number of nitrogens with one attached hydrogen (secondary N) is 1. The Labute approximate surface area is 154 Å². The highest BCUT2D eigenvalue weighted by molar-refractivity contribution is 5.89. The monoisotopic (exact) mass is 360 g/mol. The van der Waals surface area contributed by atoms with Crippen LogP contribution in [0, 0.1) is 0 Å². The van der Waals surface area contributed by atoms with Gasteiger partial charge in [-0.3, -0.25) is 9.69 Å². The second kappa shape index (κ2) is 8.89. The van der Waals surface area contributed by atoms with Gasteiger partial charge in [-0.1, -0.05) is 6.07 Å². The zero-order valence-corrected chi connectivity index (χ0v) is 15.4. The Hall–Kier alpha value is -2.28. The molecule has 0 unspecified atom stereocenters. The second-order valence-electron chi connectivity index (χ2n) is 6.74. The number of ether oxygens (including phenoxy) is 1. The number of likely N-dealkylation sites (tertiary alicyclic amines) is 1. The zero-order chi connectivity index (χ0) is 18.4. The number of carbonyl (C=O) groups excluding carboxylic acids is 2. The largest absolute Gasteiger partial charge is 0.494 e. The maximum atomic E-state index is 12.5. The van der Waals surface area contributed by atoms with Gasteiger partial charge in [0, 0.05) is 51.0 Å². The first-order chi connectivity index (χ1) is 12.7. The van der Waals surface area contributed by atoms with Crippen molar-refractivity contribution in [2.24, 2.45) is 0 Å². The van der Waals surface area contributed by atoms with E-state index in [1.165, 1.54) is 0 Å². The smallest absolute Gasteiger partial charge is 0.321 e. The molecule has 2 saturated heterocycles. The first kappa shape index (κ1) is 18.5. The minimum atomic E-state index is -0.107. The molecule has 2 heterocycles. The molecule has 1 N–H and O–H groups in total. The lowest BCUT2D eigenvalue weighted by molar-refractivity contribution is -0.131. The van der Waals surface area contributed by atoms with Crippen molar-refractivity contribution < 1.29 is 14.3 Å². The minimum Gasteiger partial charge on any atom is -0.494 e. The summed E-state index contributed by atoms with van der Waals surface area (Å²) in [5.74, 6) is 0.962. The third kappa shape index (κ3) is 4.88. The number of anilines is 1. The number of amides is 3. The number of benzene rings is 1. The highest BCUT2D eigenvalue weighted by atomic mass is 16.5. The van der Waals surface area contributed by atoms with Gasteiger partial charge < -0.3 is 19.9 Å². The molecule has 2 aliphatic rings. The maximum Gasteiger partial charge on any atom is 0.321 e. The molecule has 7 nitrogen and oxygen atoms in total. The fraction of sp³-hybridized carbons (Fsp3) is 0.579. The van der Waals surface area contributed by atoms with Crippen molar-refractivity contribution in [2.75, 3.05) is 57.7 Å². The Morgan fingerprint density at radius 1 is 1.04 bits per heavy atom. The Morgan fingerprint density at radius 3 is 2.46 bits per heavy atom. The van der Waals surface area contributed by atoms with Crippen LogP contribution in [0.5, 0.6) is 5.75 Å². The molecule has 26 heavy (non-hydrogen) atoms. The molecular formula is C19H28N4O3. The third-order valence-electron chi connectivity index (χ3n) is 4.87. The Bertz CT molecular complexity index is 623. The zero-order valence-electron chi connectivity index (χ0n) is 15.4. The number of hydrogen-bond donors (Lipinski definition) is 1. The number of urea groups is 1. The summed E-state index contributed by atoms with van der Waals surface area (Å²) in [6.45, 7) is 7.48. The predicted octanol–water partition coefficient (Wildman–Crippen LogP) is 1.86. The van der Waals surface area contributed by atoms with Crippen LogP contribution in [0.1, 0.15) is 19.8 Å². The Morgan fingerprint density at radius 2 is 1.77 bits per heavy atom. The average molecular weight is 360 g/mol. The molecule has 0 atom stereocenters. The molecule has 0 spiro atoms. The van der Waals surface area contributed by atoms with Gasteiger partial charge in [0.25, 0.3) is 0 Å². The van der Waals surface area contributed by atoms with Gasteiger partial charge >= 0.3 is 6.03 Å². The Kier molecular flexibility index (Phi) is 6.33. The van der Waals surface area contributed by atoms with Crippen molar-refractivity contribution >= 4 is 17.6 Å². The van der Waals surface area contributed by atoms with Crippen molar-refractivity contribution in [3.05, 3.63) is 24.3 Å². The number of piperazine rings is 1. The molecule has 0 aliphatic carbocycles. The highest BCUT2D eigenvalue weighted by Gasteiger charge is 2.25. The summed E-state index contributed by atoms with van der Waals surface area (Å²) < 4.78 is 5.46. The maximum absolute atomic E-state index is 12.5. The lowest BCUT2D eigenvalue weighted by atomic mass is 10.3. The van der Waals surface area contributed by atoms with E-state index in [1.54, 1.807) is 4.90 Å². The summed E-state index contributed by atoms with van der Waals surface area (Å²) in [5.41, 5.74) is 0.729. The van der Waals surface area contributed by atoms with Crippen molar-refractivity contribution in [1.29, 1.82) is 0 Å². The molecule has 3 rings (SSSR count). The van der Waals surface area contributed by atoms with E-state index >= 15 is 0 Å². The van der Waals surface area contributed by atoms with Gasteiger partial charge in [0.1, 0.15) is 5.75 Å². The average Bonchev–Trinajstić information content (AvgIpc) is 3.18. The van der Waals surface area contributed by atoms with Crippen LogP contribution in [-0.4, -0.2) is 79.1 Å². The molecule has 0 radical (unpaired) electrons. The molecule has 2 aliphatic heterocycles. The number of nitrogens with zero attached hydrogens (tertiary/aromatic N) is 3. The summed E-state index contributed by atoms with van der Waals surface area (Å²) in [7, 11) is 0. The molecule has 2 fully saturated rings. The molecule has 0 bridgehead atoms. The van der Waals surface area contributed by atoms with Crippen molar-refractivity contribution in [3.63, 3.8) is 0 Å². The fourth-order valence-corrected chi connectivity index (χ4v) is 3.40. The molecule has 0 saturated carbocycles. The van der Waals surface area contributed by atoms with Gasteiger partial charge in [0.15, 0.2) is 0 Å². The van der Waals surface area contributed by atoms with E-state index in [4.69, 9.17) is 4.74 Å². The van der Waals surface area contributed by atoms with E-state index in [-0.39, 0.29) is 11.9 Å². The normalized spacial score (nSPS) is 18.0. The van der Waals surface area contributed by atoms with Gasteiger partial charge in [0.2, 0.25) is 5.91 Å². The lowest BCUT2D eigenvalue weighted by Crippen LogP contribution is -2.52. The van der Waals surface area contributed by atoms with Crippen LogP contribution in [0.25, 0.3) is 0 Å². The Balaban J connectivity index is 1.44. The van der Waals surface area contributed by atoms with Crippen molar-refractivity contribution in [2.45, 2.75) is 19.8 Å².